The van der Waals surface area contributed by atoms with Gasteiger partial charge >= 0.3 is 26.2 Å². The molecule has 0 amide bonds. The number of benzene rings is 2. The van der Waals surface area contributed by atoms with Gasteiger partial charge in [0.05, 0.1) is 8.07 Å². The molecule has 3 aliphatic rings. The minimum absolute atomic E-state index is 0. The Labute approximate surface area is 253 Å². The molecule has 3 heterocycles. The third-order valence-corrected chi connectivity index (χ3v) is 13.0. The molecule has 4 aromatic rings. The summed E-state index contributed by atoms with van der Waals surface area (Å²) in [6, 6.07) is 22.6. The molecule has 0 N–H and O–H groups in total. The molecule has 0 saturated carbocycles. The maximum atomic E-state index is 2.52. The van der Waals surface area contributed by atoms with Crippen molar-refractivity contribution >= 4 is 35.4 Å². The van der Waals surface area contributed by atoms with Gasteiger partial charge < -0.3 is 24.8 Å². The van der Waals surface area contributed by atoms with Gasteiger partial charge in [-0.15, -0.1) is 45.9 Å². The van der Waals surface area contributed by atoms with Crippen LogP contribution in [0, 0.1) is 13.8 Å². The molecule has 0 nitrogen and oxygen atoms in total. The van der Waals surface area contributed by atoms with Crippen molar-refractivity contribution in [3.8, 4) is 11.1 Å². The van der Waals surface area contributed by atoms with Crippen molar-refractivity contribution in [2.75, 3.05) is 0 Å². The summed E-state index contributed by atoms with van der Waals surface area (Å²) in [6.45, 7) is 14.0. The van der Waals surface area contributed by atoms with Crippen molar-refractivity contribution in [1.82, 2.24) is 0 Å². The number of aryl methyl sites for hydroxylation is 3. The fourth-order valence-corrected chi connectivity index (χ4v) is 12.5. The summed E-state index contributed by atoms with van der Waals surface area (Å²) >= 11 is 2.01. The van der Waals surface area contributed by atoms with E-state index in [2.05, 4.69) is 101 Å². The molecule has 1 radical (unpaired) electrons. The van der Waals surface area contributed by atoms with Crippen LogP contribution in [0.5, 0.6) is 0 Å². The molecule has 187 valence electrons. The Morgan fingerprint density at radius 3 is 2.25 bits per heavy atom. The Morgan fingerprint density at radius 1 is 0.944 bits per heavy atom. The molecule has 3 aromatic carbocycles. The van der Waals surface area contributed by atoms with Gasteiger partial charge in [0, 0.05) is 15.3 Å². The summed E-state index contributed by atoms with van der Waals surface area (Å²) in [4.78, 5) is 3.14. The fourth-order valence-electron chi connectivity index (χ4n) is 6.17. The molecule has 36 heavy (non-hydrogen) atoms. The summed E-state index contributed by atoms with van der Waals surface area (Å²) < 4.78 is 0. The molecule has 2 aliphatic heterocycles. The number of unbranched alkanes of at least 4 members (excludes halogenated alkanes) is 1. The third-order valence-electron chi connectivity index (χ3n) is 7.59. The predicted octanol–water partition coefficient (Wildman–Crippen LogP) is 3.61. The van der Waals surface area contributed by atoms with Crippen LogP contribution in [0.15, 0.2) is 66.2 Å². The summed E-state index contributed by atoms with van der Waals surface area (Å²) in [7, 11) is -0.995. The fraction of sp³-hybridized carbons (Fsp3) is 0.323. The van der Waals surface area contributed by atoms with Crippen LogP contribution >= 0.6 is 11.3 Å². The Kier molecular flexibility index (Phi) is 10.8. The van der Waals surface area contributed by atoms with E-state index in [1.165, 1.54) is 57.2 Å². The molecule has 1 aromatic heterocycles. The van der Waals surface area contributed by atoms with Crippen molar-refractivity contribution in [2.45, 2.75) is 65.6 Å². The standard InChI is InChI=1S/C20H21.C11H14SSi.2ClH.Zr/c1-3-4-6-16-9-11-17(12-10-16)19-8-5-7-18-13-15(2)14-20(18)19;1-6-5-8-9(12-6)11-7(2)10(8)13(11,3)4;;;/h5,7-14H,3-4,6H2,1-2H3;5,10H,1-4H3;2*1H;/q-1;;;;+3/p-2. The largest absolute Gasteiger partial charge is 3.00 e. The topological polar surface area (TPSA) is 0 Å². The average molecular weight is 630 g/mol. The molecule has 2 bridgehead atoms. The van der Waals surface area contributed by atoms with Gasteiger partial charge in [0.25, 0.3) is 0 Å². The van der Waals surface area contributed by atoms with E-state index in [-0.39, 0.29) is 51.0 Å². The van der Waals surface area contributed by atoms with E-state index in [4.69, 9.17) is 0 Å². The Balaban J connectivity index is 0.000000250. The molecule has 1 atom stereocenters. The van der Waals surface area contributed by atoms with Crippen LogP contribution in [-0.4, -0.2) is 8.07 Å². The first kappa shape index (κ1) is 31.4. The first-order valence-electron chi connectivity index (χ1n) is 12.4. The molecule has 0 spiro atoms. The number of thiophene rings is 1. The SMILES string of the molecule is CC1=C2c3sc(C)cc3C1[Si]2(C)C.CCCCc1ccc(-c2cccc3[cH-]c(C)cc23)cc1.[Cl-].[Cl-].[Zr+3]. The first-order chi connectivity index (χ1) is 15.8. The second-order valence-corrected chi connectivity index (χ2v) is 16.3. The van der Waals surface area contributed by atoms with E-state index >= 15 is 0 Å². The maximum absolute atomic E-state index is 2.52. The van der Waals surface area contributed by atoms with Crippen molar-refractivity contribution in [3.05, 3.63) is 92.7 Å². The Hall–Kier alpha value is -0.830. The summed E-state index contributed by atoms with van der Waals surface area (Å²) in [6.07, 6.45) is 3.72. The van der Waals surface area contributed by atoms with Gasteiger partial charge in [0.2, 0.25) is 0 Å². The van der Waals surface area contributed by atoms with Crippen molar-refractivity contribution in [3.63, 3.8) is 0 Å². The second-order valence-electron chi connectivity index (χ2n) is 10.5. The number of fused-ring (bicyclic) bond motifs is 1. The predicted molar refractivity (Wildman–Crippen MR) is 150 cm³/mol. The van der Waals surface area contributed by atoms with Crippen LogP contribution in [-0.2, 0) is 32.6 Å². The molecular formula is C31H35Cl2SSiZr. The zero-order valence-corrected chi connectivity index (χ0v) is 27.9. The molecule has 7 rings (SSSR count). The van der Waals surface area contributed by atoms with E-state index < -0.39 is 8.07 Å². The second kappa shape index (κ2) is 12.4. The summed E-state index contributed by atoms with van der Waals surface area (Å²) in [5.41, 5.74) is 9.69. The van der Waals surface area contributed by atoms with E-state index in [0.29, 0.717) is 0 Å². The minimum Gasteiger partial charge on any atom is -1.00 e. The third kappa shape index (κ3) is 5.48. The average Bonchev–Trinajstić information content (AvgIpc) is 3.46. The smallest absolute Gasteiger partial charge is 1.00 e. The van der Waals surface area contributed by atoms with Gasteiger partial charge in [0.1, 0.15) is 0 Å². The summed E-state index contributed by atoms with van der Waals surface area (Å²) in [5.74, 6) is 0. The van der Waals surface area contributed by atoms with E-state index in [9.17, 15) is 0 Å². The van der Waals surface area contributed by atoms with Gasteiger partial charge in [-0.1, -0.05) is 74.8 Å². The normalized spacial score (nSPS) is 16.1. The van der Waals surface area contributed by atoms with E-state index in [1.807, 2.05) is 11.3 Å². The van der Waals surface area contributed by atoms with Crippen LogP contribution in [0.2, 0.25) is 13.1 Å². The molecular weight excluding hydrogens is 595 g/mol. The van der Waals surface area contributed by atoms with Crippen LogP contribution in [0.3, 0.4) is 0 Å². The molecule has 0 fully saturated rings. The van der Waals surface area contributed by atoms with Gasteiger partial charge in [-0.25, -0.2) is 0 Å². The Morgan fingerprint density at radius 2 is 1.64 bits per heavy atom. The van der Waals surface area contributed by atoms with Gasteiger partial charge in [0.15, 0.2) is 0 Å². The Bertz CT molecular complexity index is 1360. The molecule has 1 unspecified atom stereocenters. The number of rotatable bonds is 4. The van der Waals surface area contributed by atoms with Gasteiger partial charge in [-0.2, -0.15) is 6.07 Å². The zero-order chi connectivity index (χ0) is 23.3. The van der Waals surface area contributed by atoms with Crippen LogP contribution in [0.25, 0.3) is 27.1 Å². The molecule has 5 heteroatoms. The minimum atomic E-state index is -0.995. The first-order valence-corrected chi connectivity index (χ1v) is 16.3. The molecule has 0 saturated heterocycles. The van der Waals surface area contributed by atoms with Gasteiger partial charge in [-0.05, 0) is 54.6 Å². The maximum Gasteiger partial charge on any atom is 3.00 e. The van der Waals surface area contributed by atoms with Gasteiger partial charge in [-0.3, -0.25) is 0 Å². The monoisotopic (exact) mass is 627 g/mol. The van der Waals surface area contributed by atoms with Crippen molar-refractivity contribution in [2.24, 2.45) is 0 Å². The number of hydrogen-bond acceptors (Lipinski definition) is 1. The van der Waals surface area contributed by atoms with Crippen molar-refractivity contribution < 1.29 is 51.0 Å². The van der Waals surface area contributed by atoms with E-state index in [1.54, 1.807) is 21.2 Å². The quantitative estimate of drug-likeness (QED) is 0.239. The number of allylic oxidation sites excluding steroid dienone is 1. The summed E-state index contributed by atoms with van der Waals surface area (Å²) in [5, 5.41) is 4.49. The van der Waals surface area contributed by atoms with E-state index in [0.717, 1.165) is 5.54 Å². The number of halogens is 2. The zero-order valence-electron chi connectivity index (χ0n) is 22.1. The number of hydrogen-bond donors (Lipinski definition) is 0. The van der Waals surface area contributed by atoms with Crippen molar-refractivity contribution in [1.29, 1.82) is 0 Å². The van der Waals surface area contributed by atoms with Crippen LogP contribution in [0.4, 0.5) is 0 Å². The van der Waals surface area contributed by atoms with Crippen LogP contribution < -0.4 is 24.8 Å². The van der Waals surface area contributed by atoms with Crippen LogP contribution in [0.1, 0.15) is 58.7 Å². The molecule has 1 aliphatic carbocycles.